The highest BCUT2D eigenvalue weighted by Crippen LogP contribution is 2.39. The van der Waals surface area contributed by atoms with E-state index in [1.807, 2.05) is 54.6 Å². The van der Waals surface area contributed by atoms with E-state index in [0.717, 1.165) is 62.4 Å². The monoisotopic (exact) mass is 508 g/mol. The van der Waals surface area contributed by atoms with Gasteiger partial charge in [0.25, 0.3) is 0 Å². The number of carbonyl (C=O) groups is 2. The molecule has 0 unspecified atom stereocenters. The Morgan fingerprint density at radius 1 is 0.697 bits per heavy atom. The predicted octanol–water partition coefficient (Wildman–Crippen LogP) is 5.59. The van der Waals surface area contributed by atoms with Gasteiger partial charge in [-0.3, -0.25) is 9.59 Å². The average molecular weight is 509 g/mol. The Kier molecular flexibility index (Phi) is 6.99. The number of methoxy groups -OCH3 is 2. The van der Waals surface area contributed by atoms with Gasteiger partial charge >= 0.3 is 0 Å². The molecule has 0 saturated carbocycles. The van der Waals surface area contributed by atoms with Crippen LogP contribution in [0.2, 0.25) is 0 Å². The molecule has 2 heterocycles. The number of fused-ring (bicyclic) bond motifs is 2. The lowest BCUT2D eigenvalue weighted by molar-refractivity contribution is -0.117. The third kappa shape index (κ3) is 4.88. The fraction of sp³-hybridized carbons (Fsp3) is 0.231. The van der Waals surface area contributed by atoms with Crippen molar-refractivity contribution in [3.8, 4) is 22.6 Å². The minimum Gasteiger partial charge on any atom is -0.496 e. The highest BCUT2D eigenvalue weighted by Gasteiger charge is 2.22. The number of ether oxygens (including phenoxy) is 2. The summed E-state index contributed by atoms with van der Waals surface area (Å²) in [5, 5.41) is 5.82. The van der Waals surface area contributed by atoms with Crippen molar-refractivity contribution in [1.29, 1.82) is 0 Å². The molecule has 0 atom stereocenters. The van der Waals surface area contributed by atoms with E-state index < -0.39 is 0 Å². The van der Waals surface area contributed by atoms with Crippen LogP contribution >= 0.6 is 15.9 Å². The molecule has 0 spiro atoms. The maximum absolute atomic E-state index is 11.7. The molecule has 5 rings (SSSR count). The van der Waals surface area contributed by atoms with Crippen molar-refractivity contribution in [2.75, 3.05) is 24.9 Å². The van der Waals surface area contributed by atoms with Crippen molar-refractivity contribution < 1.29 is 19.1 Å². The summed E-state index contributed by atoms with van der Waals surface area (Å²) in [5.41, 5.74) is 6.04. The molecule has 0 fully saturated rings. The van der Waals surface area contributed by atoms with E-state index in [2.05, 4.69) is 26.6 Å². The van der Waals surface area contributed by atoms with E-state index in [1.165, 1.54) is 0 Å². The van der Waals surface area contributed by atoms with Crippen molar-refractivity contribution in [2.24, 2.45) is 0 Å². The highest BCUT2D eigenvalue weighted by molar-refractivity contribution is 9.10. The van der Waals surface area contributed by atoms with Crippen LogP contribution < -0.4 is 20.1 Å². The lowest BCUT2D eigenvalue weighted by Gasteiger charge is -2.22. The predicted molar refractivity (Wildman–Crippen MR) is 133 cm³/mol. The number of halogens is 1. The van der Waals surface area contributed by atoms with E-state index in [0.29, 0.717) is 12.8 Å². The topological polar surface area (TPSA) is 76.7 Å². The van der Waals surface area contributed by atoms with Gasteiger partial charge < -0.3 is 20.1 Å². The number of amides is 2. The maximum atomic E-state index is 11.7. The van der Waals surface area contributed by atoms with Crippen LogP contribution in [0.3, 0.4) is 0 Å². The van der Waals surface area contributed by atoms with Gasteiger partial charge in [-0.15, -0.1) is 0 Å². The Labute approximate surface area is 201 Å². The van der Waals surface area contributed by atoms with Crippen LogP contribution in [0.5, 0.6) is 11.5 Å². The van der Waals surface area contributed by atoms with Gasteiger partial charge in [0.05, 0.1) is 25.6 Å². The maximum Gasteiger partial charge on any atom is 0.224 e. The second-order valence-corrected chi connectivity index (χ2v) is 8.59. The number of nitrogens with one attached hydrogen (secondary N) is 2. The minimum atomic E-state index is 0.0615. The molecule has 33 heavy (non-hydrogen) atoms. The number of carbonyl (C=O) groups excluding carboxylic acids is 2. The van der Waals surface area contributed by atoms with Gasteiger partial charge in [-0.25, -0.2) is 0 Å². The van der Waals surface area contributed by atoms with Crippen LogP contribution in [0.15, 0.2) is 59.1 Å². The molecular formula is C26H25BrN2O4. The summed E-state index contributed by atoms with van der Waals surface area (Å²) in [7, 11) is 3.30. The third-order valence-corrected chi connectivity index (χ3v) is 6.41. The van der Waals surface area contributed by atoms with Gasteiger partial charge in [-0.05, 0) is 58.6 Å². The number of rotatable bonds is 3. The molecule has 0 bridgehead atoms. The highest BCUT2D eigenvalue weighted by atomic mass is 79.9. The summed E-state index contributed by atoms with van der Waals surface area (Å²) >= 11 is 3.40. The third-order valence-electron chi connectivity index (χ3n) is 5.75. The van der Waals surface area contributed by atoms with Crippen LogP contribution in [0, 0.1) is 0 Å². The first kappa shape index (κ1) is 22.9. The summed E-state index contributed by atoms with van der Waals surface area (Å²) in [6, 6.07) is 17.8. The van der Waals surface area contributed by atoms with E-state index >= 15 is 0 Å². The molecule has 2 amide bonds. The summed E-state index contributed by atoms with van der Waals surface area (Å²) in [6.45, 7) is 0. The normalized spacial score (nSPS) is 14.0. The Bertz CT molecular complexity index is 1190. The fourth-order valence-corrected chi connectivity index (χ4v) is 4.60. The molecule has 2 N–H and O–H groups in total. The Balaban J connectivity index is 0.000000165. The van der Waals surface area contributed by atoms with Crippen molar-refractivity contribution in [2.45, 2.75) is 25.7 Å². The number of hydrogen-bond acceptors (Lipinski definition) is 4. The van der Waals surface area contributed by atoms with Gasteiger partial charge in [0, 0.05) is 34.0 Å². The van der Waals surface area contributed by atoms with Crippen molar-refractivity contribution >= 4 is 39.1 Å². The molecule has 6 nitrogen and oxygen atoms in total. The second kappa shape index (κ2) is 10.1. The van der Waals surface area contributed by atoms with Crippen LogP contribution in [0.1, 0.15) is 24.0 Å². The van der Waals surface area contributed by atoms with Gasteiger partial charge in [-0.1, -0.05) is 30.3 Å². The molecule has 0 saturated heterocycles. The van der Waals surface area contributed by atoms with Crippen LogP contribution in [0.4, 0.5) is 11.4 Å². The summed E-state index contributed by atoms with van der Waals surface area (Å²) in [6.07, 6.45) is 2.51. The van der Waals surface area contributed by atoms with Crippen molar-refractivity contribution in [3.05, 3.63) is 70.2 Å². The lowest BCUT2D eigenvalue weighted by Crippen LogP contribution is -2.20. The summed E-state index contributed by atoms with van der Waals surface area (Å²) in [5.74, 6) is 1.81. The van der Waals surface area contributed by atoms with E-state index in [-0.39, 0.29) is 11.8 Å². The summed E-state index contributed by atoms with van der Waals surface area (Å²) in [4.78, 5) is 22.9. The molecule has 3 aromatic rings. The number of hydrogen-bond donors (Lipinski definition) is 2. The molecule has 2 aliphatic heterocycles. The summed E-state index contributed by atoms with van der Waals surface area (Å²) < 4.78 is 11.5. The zero-order valence-electron chi connectivity index (χ0n) is 18.5. The van der Waals surface area contributed by atoms with Crippen molar-refractivity contribution in [3.63, 3.8) is 0 Å². The molecule has 7 heteroatoms. The number of benzene rings is 3. The molecule has 0 aliphatic carbocycles. The quantitative estimate of drug-likeness (QED) is 0.483. The molecular weight excluding hydrogens is 484 g/mol. The van der Waals surface area contributed by atoms with Gasteiger partial charge in [0.2, 0.25) is 11.8 Å². The minimum absolute atomic E-state index is 0.0615. The van der Waals surface area contributed by atoms with Gasteiger partial charge in [0.1, 0.15) is 11.5 Å². The molecule has 0 radical (unpaired) electrons. The van der Waals surface area contributed by atoms with Crippen LogP contribution in [0.25, 0.3) is 11.1 Å². The first-order valence-corrected chi connectivity index (χ1v) is 11.5. The van der Waals surface area contributed by atoms with Crippen LogP contribution in [-0.2, 0) is 22.4 Å². The first-order chi connectivity index (χ1) is 16.0. The average Bonchev–Trinajstić information content (AvgIpc) is 2.84. The number of anilines is 2. The standard InChI is InChI=1S/C16H15NO2.C10H10BrNO2/c1-19-14-9-7-12(11-5-3-2-4-6-11)16-13(14)8-10-15(18)17-16;1-14-8-4-3-7(11)10-6(8)2-5-9(13)12-10/h2-7,9H,8,10H2,1H3,(H,17,18);3-4H,2,5H2,1H3,(H,12,13). The molecule has 2 aliphatic rings. The van der Waals surface area contributed by atoms with Gasteiger partial charge in [0.15, 0.2) is 0 Å². The molecule has 3 aromatic carbocycles. The first-order valence-electron chi connectivity index (χ1n) is 10.7. The van der Waals surface area contributed by atoms with E-state index in [9.17, 15) is 9.59 Å². The Morgan fingerprint density at radius 2 is 1.24 bits per heavy atom. The van der Waals surface area contributed by atoms with Gasteiger partial charge in [-0.2, -0.15) is 0 Å². The Hall–Kier alpha value is -3.32. The smallest absolute Gasteiger partial charge is 0.224 e. The lowest BCUT2D eigenvalue weighted by atomic mass is 9.94. The van der Waals surface area contributed by atoms with E-state index in [4.69, 9.17) is 9.47 Å². The van der Waals surface area contributed by atoms with Crippen LogP contribution in [-0.4, -0.2) is 26.0 Å². The van der Waals surface area contributed by atoms with Crippen molar-refractivity contribution in [1.82, 2.24) is 0 Å². The zero-order chi connectivity index (χ0) is 23.4. The molecule has 0 aromatic heterocycles. The fourth-order valence-electron chi connectivity index (χ4n) is 4.12. The van der Waals surface area contributed by atoms with E-state index in [1.54, 1.807) is 14.2 Å². The largest absolute Gasteiger partial charge is 0.496 e. The SMILES string of the molecule is COc1ccc(-c2ccccc2)c2c1CCC(=O)N2.COc1ccc(Br)c2c1CCC(=O)N2. The zero-order valence-corrected chi connectivity index (χ0v) is 20.1. The second-order valence-electron chi connectivity index (χ2n) is 7.73. The Morgan fingerprint density at radius 3 is 1.85 bits per heavy atom. The molecule has 170 valence electrons.